The highest BCUT2D eigenvalue weighted by Crippen LogP contribution is 2.40. The number of carbonyl (C=O) groups excluding carboxylic acids is 2. The Morgan fingerprint density at radius 2 is 1.71 bits per heavy atom. The number of hydrogen-bond donors (Lipinski definition) is 3. The first-order valence-electron chi connectivity index (χ1n) is 18.6. The molecule has 1 aromatic heterocycles. The highest BCUT2D eigenvalue weighted by Gasteiger charge is 2.37. The average Bonchev–Trinajstić information content (AvgIpc) is 3.81. The molecule has 1 saturated carbocycles. The molecule has 1 atom stereocenters. The summed E-state index contributed by atoms with van der Waals surface area (Å²) in [5.41, 5.74) is 9.48. The van der Waals surface area contributed by atoms with E-state index in [1.165, 1.54) is 5.70 Å². The molecule has 0 saturated heterocycles. The summed E-state index contributed by atoms with van der Waals surface area (Å²) in [7, 11) is 3.96. The van der Waals surface area contributed by atoms with Crippen LogP contribution in [0.5, 0.6) is 0 Å². The number of nitrogens with zero attached hydrogens (tertiary/aromatic N) is 5. The maximum atomic E-state index is 13.8. The number of carboxylic acids is 1. The summed E-state index contributed by atoms with van der Waals surface area (Å²) in [4.78, 5) is 52.6. The van der Waals surface area contributed by atoms with E-state index in [1.54, 1.807) is 11.3 Å². The Morgan fingerprint density at radius 3 is 2.42 bits per heavy atom. The minimum Gasteiger partial charge on any atom is -0.481 e. The SMILES string of the molecule is CCN(C)CC(=O)N1Cc2nc(-c3cccc(-c4cccc(NC(=O)C5NC6=C(CCN(CC7CCC(C(=O)O)CC7)C6)N5C)c4C)c3C)sc2C1. The van der Waals surface area contributed by atoms with E-state index in [4.69, 9.17) is 4.98 Å². The fourth-order valence-electron chi connectivity index (χ4n) is 8.30. The molecular weight excluding hydrogens is 675 g/mol. The molecule has 1 fully saturated rings. The average molecular weight is 726 g/mol. The van der Waals surface area contributed by atoms with Crippen molar-refractivity contribution in [2.45, 2.75) is 72.1 Å². The molecule has 4 aliphatic rings. The summed E-state index contributed by atoms with van der Waals surface area (Å²) < 4.78 is 0. The number of fused-ring (bicyclic) bond motifs is 1. The van der Waals surface area contributed by atoms with Gasteiger partial charge in [-0.2, -0.15) is 0 Å². The summed E-state index contributed by atoms with van der Waals surface area (Å²) in [6, 6.07) is 12.4. The lowest BCUT2D eigenvalue weighted by Crippen LogP contribution is -2.45. The minimum absolute atomic E-state index is 0.0904. The van der Waals surface area contributed by atoms with Crippen LogP contribution in [0, 0.1) is 25.7 Å². The van der Waals surface area contributed by atoms with E-state index in [-0.39, 0.29) is 17.7 Å². The van der Waals surface area contributed by atoms with Crippen molar-refractivity contribution in [3.8, 4) is 21.7 Å². The zero-order valence-electron chi connectivity index (χ0n) is 31.0. The molecule has 12 heteroatoms. The van der Waals surface area contributed by atoms with Crippen molar-refractivity contribution in [2.75, 3.05) is 52.1 Å². The first kappa shape index (κ1) is 36.1. The van der Waals surface area contributed by atoms with Gasteiger partial charge in [0.05, 0.1) is 31.2 Å². The van der Waals surface area contributed by atoms with Gasteiger partial charge in [0, 0.05) is 60.6 Å². The third kappa shape index (κ3) is 7.20. The lowest BCUT2D eigenvalue weighted by Gasteiger charge is -2.34. The molecule has 52 heavy (non-hydrogen) atoms. The Labute approximate surface area is 310 Å². The van der Waals surface area contributed by atoms with Gasteiger partial charge in [-0.3, -0.25) is 24.2 Å². The molecule has 2 aromatic carbocycles. The first-order valence-corrected chi connectivity index (χ1v) is 19.4. The fraction of sp³-hybridized carbons (Fsp3) is 0.500. The molecule has 1 aliphatic carbocycles. The van der Waals surface area contributed by atoms with Gasteiger partial charge in [0.2, 0.25) is 5.91 Å². The number of benzene rings is 2. The number of likely N-dealkylation sites (N-methyl/N-ethyl adjacent to an activating group) is 2. The first-order chi connectivity index (χ1) is 25.0. The van der Waals surface area contributed by atoms with Gasteiger partial charge in [-0.1, -0.05) is 37.3 Å². The standard InChI is InChI=1S/C40H51N7O4S/c1-6-44(4)23-36(48)47-21-33-35(22-47)52-39(43-33)30-11-7-9-28(24(30)2)29-10-8-12-31(25(29)3)42-38(49)37-41-32-20-46(18-17-34(32)45(37)5)19-26-13-15-27(16-14-26)40(50)51/h7-12,26-27,37,41H,6,13-23H2,1-5H3,(H,42,49)(H,50,51). The third-order valence-electron chi connectivity index (χ3n) is 11.7. The van der Waals surface area contributed by atoms with Gasteiger partial charge < -0.3 is 25.5 Å². The van der Waals surface area contributed by atoms with Crippen LogP contribution in [0.3, 0.4) is 0 Å². The van der Waals surface area contributed by atoms with Crippen LogP contribution < -0.4 is 10.6 Å². The molecule has 7 rings (SSSR count). The molecule has 2 amide bonds. The van der Waals surface area contributed by atoms with E-state index >= 15 is 0 Å². The lowest BCUT2D eigenvalue weighted by molar-refractivity contribution is -0.143. The van der Waals surface area contributed by atoms with Crippen LogP contribution in [-0.2, 0) is 27.5 Å². The number of thiazole rings is 1. The van der Waals surface area contributed by atoms with E-state index in [2.05, 4.69) is 65.5 Å². The van der Waals surface area contributed by atoms with Crippen molar-refractivity contribution in [3.05, 3.63) is 69.5 Å². The predicted octanol–water partition coefficient (Wildman–Crippen LogP) is 5.50. The summed E-state index contributed by atoms with van der Waals surface area (Å²) in [6.45, 7) is 11.4. The second kappa shape index (κ2) is 15.0. The van der Waals surface area contributed by atoms with E-state index in [0.29, 0.717) is 25.6 Å². The Balaban J connectivity index is 0.998. The van der Waals surface area contributed by atoms with Gasteiger partial charge >= 0.3 is 5.97 Å². The second-order valence-corrected chi connectivity index (χ2v) is 16.1. The Bertz CT molecular complexity index is 1870. The maximum Gasteiger partial charge on any atom is 0.306 e. The van der Waals surface area contributed by atoms with Gasteiger partial charge in [0.15, 0.2) is 6.17 Å². The Kier molecular flexibility index (Phi) is 10.4. The van der Waals surface area contributed by atoms with Crippen LogP contribution >= 0.6 is 11.3 Å². The number of carbonyl (C=O) groups is 3. The molecule has 3 N–H and O–H groups in total. The second-order valence-electron chi connectivity index (χ2n) is 15.0. The quantitative estimate of drug-likeness (QED) is 0.249. The van der Waals surface area contributed by atoms with Gasteiger partial charge in [-0.25, -0.2) is 4.98 Å². The summed E-state index contributed by atoms with van der Waals surface area (Å²) in [6.07, 6.45) is 3.86. The van der Waals surface area contributed by atoms with Crippen LogP contribution in [0.1, 0.15) is 60.7 Å². The van der Waals surface area contributed by atoms with Gasteiger partial charge in [-0.15, -0.1) is 11.3 Å². The van der Waals surface area contributed by atoms with Crippen LogP contribution in [-0.4, -0.2) is 100 Å². The van der Waals surface area contributed by atoms with E-state index in [0.717, 1.165) is 113 Å². The number of aromatic nitrogens is 1. The minimum atomic E-state index is -0.659. The van der Waals surface area contributed by atoms with E-state index in [1.807, 2.05) is 36.0 Å². The van der Waals surface area contributed by atoms with Gasteiger partial charge in [0.25, 0.3) is 5.91 Å². The zero-order valence-corrected chi connectivity index (χ0v) is 31.8. The number of rotatable bonds is 10. The van der Waals surface area contributed by atoms with E-state index < -0.39 is 12.1 Å². The van der Waals surface area contributed by atoms with Crippen molar-refractivity contribution in [3.63, 3.8) is 0 Å². The number of anilines is 1. The number of hydrogen-bond acceptors (Lipinski definition) is 9. The molecular formula is C40H51N7O4S. The Morgan fingerprint density at radius 1 is 1.00 bits per heavy atom. The fourth-order valence-corrected chi connectivity index (χ4v) is 9.47. The summed E-state index contributed by atoms with van der Waals surface area (Å²) in [5, 5.41) is 17.1. The van der Waals surface area contributed by atoms with Crippen LogP contribution in [0.25, 0.3) is 21.7 Å². The molecule has 4 heterocycles. The topological polar surface area (TPSA) is 121 Å². The molecule has 3 aromatic rings. The predicted molar refractivity (Wildman–Crippen MR) is 204 cm³/mol. The van der Waals surface area contributed by atoms with Crippen LogP contribution in [0.15, 0.2) is 47.8 Å². The van der Waals surface area contributed by atoms with Crippen LogP contribution in [0.4, 0.5) is 5.69 Å². The van der Waals surface area contributed by atoms with Crippen molar-refractivity contribution < 1.29 is 19.5 Å². The molecule has 1 unspecified atom stereocenters. The highest BCUT2D eigenvalue weighted by molar-refractivity contribution is 7.15. The molecule has 0 bridgehead atoms. The maximum absolute atomic E-state index is 13.8. The van der Waals surface area contributed by atoms with Crippen LogP contribution in [0.2, 0.25) is 0 Å². The molecule has 3 aliphatic heterocycles. The van der Waals surface area contributed by atoms with Crippen molar-refractivity contribution in [2.24, 2.45) is 11.8 Å². The molecule has 11 nitrogen and oxygen atoms in total. The van der Waals surface area contributed by atoms with Crippen molar-refractivity contribution >= 4 is 34.8 Å². The lowest BCUT2D eigenvalue weighted by atomic mass is 9.81. The summed E-state index contributed by atoms with van der Waals surface area (Å²) >= 11 is 1.67. The molecule has 0 radical (unpaired) electrons. The highest BCUT2D eigenvalue weighted by atomic mass is 32.1. The zero-order chi connectivity index (χ0) is 36.7. The normalized spacial score (nSPS) is 21.7. The number of amides is 2. The van der Waals surface area contributed by atoms with Crippen molar-refractivity contribution in [1.29, 1.82) is 0 Å². The molecule has 0 spiro atoms. The Hall–Kier alpha value is -4.26. The third-order valence-corrected chi connectivity index (χ3v) is 12.8. The number of carboxylic acid groups (broad SMARTS) is 1. The number of nitrogens with one attached hydrogen (secondary N) is 2. The van der Waals surface area contributed by atoms with Gasteiger partial charge in [0.1, 0.15) is 5.01 Å². The monoisotopic (exact) mass is 725 g/mol. The smallest absolute Gasteiger partial charge is 0.306 e. The van der Waals surface area contributed by atoms with Gasteiger partial charge in [-0.05, 0) is 87.4 Å². The largest absolute Gasteiger partial charge is 0.481 e. The van der Waals surface area contributed by atoms with Crippen molar-refractivity contribution in [1.82, 2.24) is 29.9 Å². The number of aliphatic carboxylic acids is 1. The summed E-state index contributed by atoms with van der Waals surface area (Å²) in [5.74, 6) is -0.275. The molecule has 276 valence electrons. The van der Waals surface area contributed by atoms with E-state index in [9.17, 15) is 19.5 Å².